The van der Waals surface area contributed by atoms with Crippen molar-refractivity contribution >= 4 is 0 Å². The number of nitrogens with one attached hydrogen (secondary N) is 1. The van der Waals surface area contributed by atoms with Crippen LogP contribution in [0.2, 0.25) is 0 Å². The second-order valence-electron chi connectivity index (χ2n) is 4.92. The van der Waals surface area contributed by atoms with Gasteiger partial charge < -0.3 is 10.4 Å². The quantitative estimate of drug-likeness (QED) is 0.843. The van der Waals surface area contributed by atoms with Gasteiger partial charge in [0.15, 0.2) is 0 Å². The normalized spacial score (nSPS) is 13.9. The SMILES string of the molecule is CC(N[C@H](CCO)c1ccccc1)c1cccc(F)c1. The lowest BCUT2D eigenvalue weighted by molar-refractivity contribution is 0.260. The van der Waals surface area contributed by atoms with Crippen LogP contribution in [-0.2, 0) is 0 Å². The van der Waals surface area contributed by atoms with E-state index in [2.05, 4.69) is 5.32 Å². The van der Waals surface area contributed by atoms with E-state index in [0.717, 1.165) is 11.1 Å². The number of rotatable bonds is 6. The molecule has 2 atom stereocenters. The van der Waals surface area contributed by atoms with Crippen molar-refractivity contribution in [3.8, 4) is 0 Å². The monoisotopic (exact) mass is 273 g/mol. The van der Waals surface area contributed by atoms with E-state index in [9.17, 15) is 9.50 Å². The van der Waals surface area contributed by atoms with E-state index >= 15 is 0 Å². The largest absolute Gasteiger partial charge is 0.396 e. The van der Waals surface area contributed by atoms with Gasteiger partial charge in [0.2, 0.25) is 0 Å². The van der Waals surface area contributed by atoms with Crippen molar-refractivity contribution in [2.75, 3.05) is 6.61 Å². The molecule has 2 aromatic carbocycles. The summed E-state index contributed by atoms with van der Waals surface area (Å²) in [6, 6.07) is 16.7. The molecule has 0 aromatic heterocycles. The fourth-order valence-corrected chi connectivity index (χ4v) is 2.33. The third kappa shape index (κ3) is 3.89. The van der Waals surface area contributed by atoms with Gasteiger partial charge >= 0.3 is 0 Å². The van der Waals surface area contributed by atoms with E-state index in [0.29, 0.717) is 6.42 Å². The van der Waals surface area contributed by atoms with Crippen LogP contribution in [0.4, 0.5) is 4.39 Å². The van der Waals surface area contributed by atoms with E-state index in [1.165, 1.54) is 6.07 Å². The molecule has 0 radical (unpaired) electrons. The molecule has 1 unspecified atom stereocenters. The first-order valence-corrected chi connectivity index (χ1v) is 6.88. The van der Waals surface area contributed by atoms with Gasteiger partial charge in [0, 0.05) is 18.7 Å². The number of halogens is 1. The van der Waals surface area contributed by atoms with Crippen LogP contribution in [0.5, 0.6) is 0 Å². The molecule has 0 aliphatic carbocycles. The number of hydrogen-bond acceptors (Lipinski definition) is 2. The van der Waals surface area contributed by atoms with Gasteiger partial charge in [-0.05, 0) is 36.6 Å². The summed E-state index contributed by atoms with van der Waals surface area (Å²) < 4.78 is 13.3. The number of hydrogen-bond donors (Lipinski definition) is 2. The molecule has 2 N–H and O–H groups in total. The molecule has 3 heteroatoms. The lowest BCUT2D eigenvalue weighted by Crippen LogP contribution is -2.25. The van der Waals surface area contributed by atoms with Crippen LogP contribution in [0.3, 0.4) is 0 Å². The molecule has 0 saturated heterocycles. The Morgan fingerprint density at radius 2 is 1.75 bits per heavy atom. The molecular weight excluding hydrogens is 253 g/mol. The summed E-state index contributed by atoms with van der Waals surface area (Å²) in [6.07, 6.45) is 0.629. The molecule has 0 bridgehead atoms. The maximum atomic E-state index is 13.3. The highest BCUT2D eigenvalue weighted by atomic mass is 19.1. The lowest BCUT2D eigenvalue weighted by atomic mass is 10.0. The van der Waals surface area contributed by atoms with Crippen molar-refractivity contribution in [3.05, 3.63) is 71.5 Å². The molecule has 106 valence electrons. The first-order valence-electron chi connectivity index (χ1n) is 6.88. The van der Waals surface area contributed by atoms with Crippen LogP contribution >= 0.6 is 0 Å². The van der Waals surface area contributed by atoms with E-state index in [1.54, 1.807) is 12.1 Å². The van der Waals surface area contributed by atoms with Gasteiger partial charge in [-0.25, -0.2) is 4.39 Å². The van der Waals surface area contributed by atoms with Gasteiger partial charge in [0.05, 0.1) is 0 Å². The second kappa shape index (κ2) is 7.17. The average molecular weight is 273 g/mol. The predicted octanol–water partition coefficient (Wildman–Crippen LogP) is 3.60. The van der Waals surface area contributed by atoms with Gasteiger partial charge in [-0.1, -0.05) is 42.5 Å². The Labute approximate surface area is 119 Å². The summed E-state index contributed by atoms with van der Waals surface area (Å²) in [4.78, 5) is 0. The molecule has 0 aliphatic rings. The minimum atomic E-state index is -0.227. The minimum Gasteiger partial charge on any atom is -0.396 e. The third-order valence-electron chi connectivity index (χ3n) is 3.42. The Bertz CT molecular complexity index is 530. The van der Waals surface area contributed by atoms with Crippen LogP contribution < -0.4 is 5.32 Å². The van der Waals surface area contributed by atoms with Gasteiger partial charge in [-0.2, -0.15) is 0 Å². The minimum absolute atomic E-state index is 0.0162. The highest BCUT2D eigenvalue weighted by Crippen LogP contribution is 2.22. The third-order valence-corrected chi connectivity index (χ3v) is 3.42. The highest BCUT2D eigenvalue weighted by molar-refractivity contribution is 5.22. The zero-order chi connectivity index (χ0) is 14.4. The molecule has 0 fully saturated rings. The number of benzene rings is 2. The molecule has 20 heavy (non-hydrogen) atoms. The topological polar surface area (TPSA) is 32.3 Å². The van der Waals surface area contributed by atoms with Gasteiger partial charge in [-0.15, -0.1) is 0 Å². The van der Waals surface area contributed by atoms with E-state index in [4.69, 9.17) is 0 Å². The van der Waals surface area contributed by atoms with Crippen LogP contribution in [0.25, 0.3) is 0 Å². The Kier molecular flexibility index (Phi) is 5.27. The predicted molar refractivity (Wildman–Crippen MR) is 78.8 cm³/mol. The Balaban J connectivity index is 2.12. The molecule has 0 amide bonds. The maximum absolute atomic E-state index is 13.3. The van der Waals surface area contributed by atoms with Gasteiger partial charge in [0.1, 0.15) is 5.82 Å². The van der Waals surface area contributed by atoms with E-state index in [-0.39, 0.29) is 24.5 Å². The highest BCUT2D eigenvalue weighted by Gasteiger charge is 2.15. The van der Waals surface area contributed by atoms with E-state index < -0.39 is 0 Å². The maximum Gasteiger partial charge on any atom is 0.123 e. The lowest BCUT2D eigenvalue weighted by Gasteiger charge is -2.23. The zero-order valence-electron chi connectivity index (χ0n) is 11.6. The first-order chi connectivity index (χ1) is 9.70. The smallest absolute Gasteiger partial charge is 0.123 e. The van der Waals surface area contributed by atoms with Crippen molar-refractivity contribution < 1.29 is 9.50 Å². The van der Waals surface area contributed by atoms with Crippen molar-refractivity contribution in [2.45, 2.75) is 25.4 Å². The summed E-state index contributed by atoms with van der Waals surface area (Å²) in [5, 5.41) is 12.7. The zero-order valence-corrected chi connectivity index (χ0v) is 11.6. The molecule has 2 rings (SSSR count). The van der Waals surface area contributed by atoms with Crippen molar-refractivity contribution in [1.82, 2.24) is 5.32 Å². The molecule has 2 aromatic rings. The summed E-state index contributed by atoms with van der Waals surface area (Å²) in [6.45, 7) is 2.12. The van der Waals surface area contributed by atoms with Crippen LogP contribution in [0.1, 0.15) is 36.6 Å². The summed E-state index contributed by atoms with van der Waals surface area (Å²) in [5.74, 6) is -0.227. The second-order valence-corrected chi connectivity index (χ2v) is 4.92. The van der Waals surface area contributed by atoms with Crippen LogP contribution in [-0.4, -0.2) is 11.7 Å². The number of aliphatic hydroxyl groups is 1. The Morgan fingerprint density at radius 1 is 1.05 bits per heavy atom. The standard InChI is InChI=1S/C17H20FNO/c1-13(15-8-5-9-16(18)12-15)19-17(10-11-20)14-6-3-2-4-7-14/h2-9,12-13,17,19-20H,10-11H2,1H3/t13?,17-/m1/s1. The summed E-state index contributed by atoms with van der Waals surface area (Å²) in [5.41, 5.74) is 2.04. The first kappa shape index (κ1) is 14.7. The van der Waals surface area contributed by atoms with Crippen LogP contribution in [0, 0.1) is 5.82 Å². The fraction of sp³-hybridized carbons (Fsp3) is 0.294. The van der Waals surface area contributed by atoms with Gasteiger partial charge in [0.25, 0.3) is 0 Å². The molecule has 2 nitrogen and oxygen atoms in total. The van der Waals surface area contributed by atoms with E-state index in [1.807, 2.05) is 43.3 Å². The van der Waals surface area contributed by atoms with Crippen LogP contribution in [0.15, 0.2) is 54.6 Å². The average Bonchev–Trinajstić information content (AvgIpc) is 2.47. The molecule has 0 spiro atoms. The molecule has 0 heterocycles. The Hall–Kier alpha value is -1.71. The number of aliphatic hydroxyl groups excluding tert-OH is 1. The molecule has 0 aliphatic heterocycles. The summed E-state index contributed by atoms with van der Waals surface area (Å²) >= 11 is 0. The summed E-state index contributed by atoms with van der Waals surface area (Å²) in [7, 11) is 0. The van der Waals surface area contributed by atoms with Crippen molar-refractivity contribution in [1.29, 1.82) is 0 Å². The van der Waals surface area contributed by atoms with Gasteiger partial charge in [-0.3, -0.25) is 0 Å². The van der Waals surface area contributed by atoms with Crippen molar-refractivity contribution in [3.63, 3.8) is 0 Å². The van der Waals surface area contributed by atoms with Crippen molar-refractivity contribution in [2.24, 2.45) is 0 Å². The Morgan fingerprint density at radius 3 is 2.40 bits per heavy atom. The fourth-order valence-electron chi connectivity index (χ4n) is 2.33. The molecule has 0 saturated carbocycles. The molecular formula is C17H20FNO.